The fourth-order valence-electron chi connectivity index (χ4n) is 1.35. The summed E-state index contributed by atoms with van der Waals surface area (Å²) in [6.07, 6.45) is 0. The van der Waals surface area contributed by atoms with Crippen molar-refractivity contribution in [2.75, 3.05) is 5.73 Å². The van der Waals surface area contributed by atoms with E-state index in [2.05, 4.69) is 15.0 Å². The first-order chi connectivity index (χ1) is 8.95. The lowest BCUT2D eigenvalue weighted by atomic mass is 10.2. The standard InChI is InChI=1S/C10H8ClN5O3/c1-5-2-3-7(6(4-5)16(17)18)19-10-14-8(11)13-9(12)15-10/h2-4H,1H3,(H2,12,13,14,15). The Morgan fingerprint density at radius 3 is 2.74 bits per heavy atom. The molecule has 0 fully saturated rings. The molecule has 9 heteroatoms. The number of nitrogens with zero attached hydrogens (tertiary/aromatic N) is 4. The fourth-order valence-corrected chi connectivity index (χ4v) is 1.51. The van der Waals surface area contributed by atoms with Crippen molar-refractivity contribution in [3.63, 3.8) is 0 Å². The number of rotatable bonds is 3. The molecule has 1 aromatic heterocycles. The van der Waals surface area contributed by atoms with Crippen LogP contribution in [0.15, 0.2) is 18.2 Å². The van der Waals surface area contributed by atoms with Crippen molar-refractivity contribution >= 4 is 23.2 Å². The number of aromatic nitrogens is 3. The van der Waals surface area contributed by atoms with Crippen LogP contribution in [-0.4, -0.2) is 19.9 Å². The van der Waals surface area contributed by atoms with Gasteiger partial charge in [0.1, 0.15) is 0 Å². The Kier molecular flexibility index (Phi) is 3.43. The maximum Gasteiger partial charge on any atom is 0.328 e. The molecule has 0 radical (unpaired) electrons. The van der Waals surface area contributed by atoms with Crippen LogP contribution in [0.3, 0.4) is 0 Å². The molecule has 0 amide bonds. The quantitative estimate of drug-likeness (QED) is 0.676. The predicted octanol–water partition coefficient (Wildman–Crippen LogP) is 2.12. The second-order valence-electron chi connectivity index (χ2n) is 3.58. The first-order valence-corrected chi connectivity index (χ1v) is 5.43. The lowest BCUT2D eigenvalue weighted by Gasteiger charge is -2.05. The van der Waals surface area contributed by atoms with Gasteiger partial charge in [-0.1, -0.05) is 6.07 Å². The van der Waals surface area contributed by atoms with Crippen LogP contribution in [0.5, 0.6) is 11.8 Å². The largest absolute Gasteiger partial charge is 0.417 e. The Bertz CT molecular complexity index is 629. The molecule has 8 nitrogen and oxygen atoms in total. The number of aryl methyl sites for hydroxylation is 1. The third-order valence-corrected chi connectivity index (χ3v) is 2.29. The van der Waals surface area contributed by atoms with Gasteiger partial charge in [-0.25, -0.2) is 0 Å². The molecule has 0 aliphatic carbocycles. The second-order valence-corrected chi connectivity index (χ2v) is 3.91. The zero-order valence-electron chi connectivity index (χ0n) is 9.70. The lowest BCUT2D eigenvalue weighted by Crippen LogP contribution is -2.01. The van der Waals surface area contributed by atoms with Gasteiger partial charge in [0.05, 0.1) is 4.92 Å². The van der Waals surface area contributed by atoms with Crippen molar-refractivity contribution in [2.45, 2.75) is 6.92 Å². The smallest absolute Gasteiger partial charge is 0.328 e. The van der Waals surface area contributed by atoms with Gasteiger partial charge in [0.15, 0.2) is 0 Å². The van der Waals surface area contributed by atoms with E-state index in [1.54, 1.807) is 13.0 Å². The van der Waals surface area contributed by atoms with E-state index in [-0.39, 0.29) is 28.7 Å². The molecular formula is C10H8ClN5O3. The Labute approximate surface area is 112 Å². The van der Waals surface area contributed by atoms with Crippen molar-refractivity contribution in [2.24, 2.45) is 0 Å². The third kappa shape index (κ3) is 3.05. The summed E-state index contributed by atoms with van der Waals surface area (Å²) in [5.74, 6) is -0.137. The number of halogens is 1. The number of benzene rings is 1. The summed E-state index contributed by atoms with van der Waals surface area (Å²) in [5.41, 5.74) is 5.90. The van der Waals surface area contributed by atoms with Gasteiger partial charge in [0.25, 0.3) is 0 Å². The molecule has 0 spiro atoms. The van der Waals surface area contributed by atoms with Crippen molar-refractivity contribution in [3.05, 3.63) is 39.2 Å². The Morgan fingerprint density at radius 2 is 2.11 bits per heavy atom. The van der Waals surface area contributed by atoms with Crippen molar-refractivity contribution < 1.29 is 9.66 Å². The molecule has 0 atom stereocenters. The van der Waals surface area contributed by atoms with E-state index >= 15 is 0 Å². The third-order valence-electron chi connectivity index (χ3n) is 2.12. The summed E-state index contributed by atoms with van der Waals surface area (Å²) in [6.45, 7) is 1.73. The zero-order valence-corrected chi connectivity index (χ0v) is 10.5. The van der Waals surface area contributed by atoms with E-state index in [9.17, 15) is 10.1 Å². The van der Waals surface area contributed by atoms with Gasteiger partial charge in [0.2, 0.25) is 17.0 Å². The molecule has 0 unspecified atom stereocenters. The van der Waals surface area contributed by atoms with E-state index in [1.807, 2.05) is 0 Å². The number of hydrogen-bond donors (Lipinski definition) is 1. The number of nitro benzene ring substituents is 1. The van der Waals surface area contributed by atoms with E-state index < -0.39 is 4.92 Å². The maximum absolute atomic E-state index is 10.9. The molecule has 0 saturated carbocycles. The van der Waals surface area contributed by atoms with E-state index in [0.717, 1.165) is 5.56 Å². The molecule has 1 heterocycles. The first kappa shape index (κ1) is 13.0. The first-order valence-electron chi connectivity index (χ1n) is 5.05. The van der Waals surface area contributed by atoms with Crippen LogP contribution in [0.1, 0.15) is 5.56 Å². The molecule has 0 aliphatic rings. The number of anilines is 1. The molecule has 2 N–H and O–H groups in total. The minimum atomic E-state index is -0.561. The van der Waals surface area contributed by atoms with Gasteiger partial charge in [-0.2, -0.15) is 15.0 Å². The summed E-state index contributed by atoms with van der Waals surface area (Å²) in [6, 6.07) is 4.28. The van der Waals surface area contributed by atoms with Crippen LogP contribution in [0.2, 0.25) is 5.28 Å². The van der Waals surface area contributed by atoms with E-state index in [1.165, 1.54) is 12.1 Å². The SMILES string of the molecule is Cc1ccc(Oc2nc(N)nc(Cl)n2)c([N+](=O)[O-])c1. The van der Waals surface area contributed by atoms with Crippen molar-refractivity contribution in [3.8, 4) is 11.8 Å². The van der Waals surface area contributed by atoms with Crippen LogP contribution < -0.4 is 10.5 Å². The summed E-state index contributed by atoms with van der Waals surface area (Å²) in [5, 5.41) is 10.8. The van der Waals surface area contributed by atoms with Gasteiger partial charge in [-0.05, 0) is 30.2 Å². The summed E-state index contributed by atoms with van der Waals surface area (Å²) >= 11 is 5.59. The van der Waals surface area contributed by atoms with E-state index in [0.29, 0.717) is 0 Å². The molecule has 0 bridgehead atoms. The summed E-state index contributed by atoms with van der Waals surface area (Å²) < 4.78 is 5.22. The van der Waals surface area contributed by atoms with Gasteiger partial charge in [-0.3, -0.25) is 10.1 Å². The topological polar surface area (TPSA) is 117 Å². The minimum Gasteiger partial charge on any atom is -0.417 e. The normalized spacial score (nSPS) is 10.2. The highest BCUT2D eigenvalue weighted by molar-refractivity contribution is 6.28. The molecule has 19 heavy (non-hydrogen) atoms. The highest BCUT2D eigenvalue weighted by Gasteiger charge is 2.17. The fraction of sp³-hybridized carbons (Fsp3) is 0.100. The Balaban J connectivity index is 2.40. The summed E-state index contributed by atoms with van der Waals surface area (Å²) in [4.78, 5) is 21.3. The molecule has 2 aromatic rings. The minimum absolute atomic E-state index is 0.00253. The van der Waals surface area contributed by atoms with Crippen LogP contribution in [-0.2, 0) is 0 Å². The summed E-state index contributed by atoms with van der Waals surface area (Å²) in [7, 11) is 0. The van der Waals surface area contributed by atoms with Crippen molar-refractivity contribution in [1.82, 2.24) is 15.0 Å². The van der Waals surface area contributed by atoms with Gasteiger partial charge in [-0.15, -0.1) is 0 Å². The molecule has 2 rings (SSSR count). The predicted molar refractivity (Wildman–Crippen MR) is 67.2 cm³/mol. The second kappa shape index (κ2) is 5.02. The molecule has 98 valence electrons. The molecule has 0 saturated heterocycles. The molecule has 1 aromatic carbocycles. The van der Waals surface area contributed by atoms with Gasteiger partial charge < -0.3 is 10.5 Å². The van der Waals surface area contributed by atoms with Crippen LogP contribution in [0.25, 0.3) is 0 Å². The van der Waals surface area contributed by atoms with Crippen LogP contribution in [0, 0.1) is 17.0 Å². The monoisotopic (exact) mass is 281 g/mol. The van der Waals surface area contributed by atoms with Crippen LogP contribution >= 0.6 is 11.6 Å². The van der Waals surface area contributed by atoms with E-state index in [4.69, 9.17) is 22.1 Å². The Morgan fingerprint density at radius 1 is 1.37 bits per heavy atom. The molecule has 0 aliphatic heterocycles. The average molecular weight is 282 g/mol. The number of ether oxygens (including phenoxy) is 1. The highest BCUT2D eigenvalue weighted by atomic mass is 35.5. The average Bonchev–Trinajstić information content (AvgIpc) is 2.30. The van der Waals surface area contributed by atoms with Gasteiger partial charge >= 0.3 is 11.7 Å². The van der Waals surface area contributed by atoms with Crippen LogP contribution in [0.4, 0.5) is 11.6 Å². The van der Waals surface area contributed by atoms with Crippen molar-refractivity contribution in [1.29, 1.82) is 0 Å². The Hall–Kier alpha value is -2.48. The number of hydrogen-bond acceptors (Lipinski definition) is 7. The maximum atomic E-state index is 10.9. The number of nitro groups is 1. The zero-order chi connectivity index (χ0) is 14.0. The highest BCUT2D eigenvalue weighted by Crippen LogP contribution is 2.30. The van der Waals surface area contributed by atoms with Gasteiger partial charge in [0, 0.05) is 6.07 Å². The lowest BCUT2D eigenvalue weighted by molar-refractivity contribution is -0.385. The number of nitrogens with two attached hydrogens (primary N) is 1. The molecular weight excluding hydrogens is 274 g/mol. The number of nitrogen functional groups attached to an aromatic ring is 1.